The first-order valence-corrected chi connectivity index (χ1v) is 19.6. The summed E-state index contributed by atoms with van der Waals surface area (Å²) in [6.45, 7) is 6.81. The lowest BCUT2D eigenvalue weighted by atomic mass is 9.94. The standard InChI is InChI=1S/C41H44ClF2N11O4/c1-24-6-11-34(49-48-24)47-35(56)23-54-22-31(25(2)50-54)28-9-10-30(37(44)36(28)43)33-21-45-38(51(33)3)39(57)46-27-7-8-29(32(42)20-27)41(59)53-16-14-52(15-17-53)40(58)26-12-18-55(4,5)19-13-26/h6-11,20-22,26H,12-19,23H2,1-5H3,(H-,46,47,49,56,57,59)/p+1. The molecule has 18 heteroatoms. The lowest BCUT2D eigenvalue weighted by Gasteiger charge is -2.40. The number of nitrogens with zero attached hydrogens (tertiary/aromatic N) is 9. The molecule has 308 valence electrons. The van der Waals surface area contributed by atoms with Crippen LogP contribution in [0, 0.1) is 31.4 Å². The topological polar surface area (TPSA) is 160 Å². The van der Waals surface area contributed by atoms with Gasteiger partial charge in [0.2, 0.25) is 11.8 Å². The van der Waals surface area contributed by atoms with Gasteiger partial charge in [0.25, 0.3) is 11.8 Å². The summed E-state index contributed by atoms with van der Waals surface area (Å²) in [5, 5.41) is 17.6. The van der Waals surface area contributed by atoms with Gasteiger partial charge >= 0.3 is 0 Å². The van der Waals surface area contributed by atoms with Crippen molar-refractivity contribution in [2.75, 3.05) is 64.0 Å². The first kappa shape index (κ1) is 41.1. The van der Waals surface area contributed by atoms with Crippen LogP contribution in [0.3, 0.4) is 0 Å². The van der Waals surface area contributed by atoms with E-state index in [9.17, 15) is 19.2 Å². The molecule has 0 aliphatic carbocycles. The molecule has 2 N–H and O–H groups in total. The van der Waals surface area contributed by atoms with Crippen LogP contribution in [-0.2, 0) is 23.2 Å². The molecule has 0 saturated carbocycles. The number of piperazine rings is 1. The molecule has 5 aromatic rings. The van der Waals surface area contributed by atoms with Crippen LogP contribution >= 0.6 is 11.6 Å². The average molecular weight is 829 g/mol. The van der Waals surface area contributed by atoms with Crippen molar-refractivity contribution in [1.82, 2.24) is 39.3 Å². The fraction of sp³-hybridized carbons (Fsp3) is 0.366. The van der Waals surface area contributed by atoms with E-state index >= 15 is 8.78 Å². The zero-order chi connectivity index (χ0) is 42.2. The summed E-state index contributed by atoms with van der Waals surface area (Å²) in [5.41, 5.74) is 1.87. The number of aromatic nitrogens is 6. The van der Waals surface area contributed by atoms with Gasteiger partial charge in [-0.05, 0) is 50.2 Å². The SMILES string of the molecule is Cc1ccc(NC(=O)Cn2cc(-c3ccc(-c4cnc(C(=O)Nc5ccc(C(=O)N6CCN(C(=O)C7CC[N+](C)(C)CC7)CC6)c(Cl)c5)n4C)c(F)c3F)c(C)n2)nn1. The maximum atomic E-state index is 15.7. The van der Waals surface area contributed by atoms with Crippen molar-refractivity contribution >= 4 is 46.7 Å². The molecule has 59 heavy (non-hydrogen) atoms. The molecule has 2 saturated heterocycles. The average Bonchev–Trinajstić information content (AvgIpc) is 3.77. The van der Waals surface area contributed by atoms with Gasteiger partial charge in [-0.25, -0.2) is 13.8 Å². The van der Waals surface area contributed by atoms with E-state index in [0.29, 0.717) is 48.8 Å². The lowest BCUT2D eigenvalue weighted by Crippen LogP contribution is -2.54. The van der Waals surface area contributed by atoms with E-state index in [-0.39, 0.29) is 63.3 Å². The van der Waals surface area contributed by atoms with E-state index in [0.717, 1.165) is 30.4 Å². The summed E-state index contributed by atoms with van der Waals surface area (Å²) in [6, 6.07) is 10.6. The van der Waals surface area contributed by atoms with Crippen molar-refractivity contribution in [2.24, 2.45) is 13.0 Å². The van der Waals surface area contributed by atoms with Crippen LogP contribution in [0.15, 0.2) is 54.9 Å². The van der Waals surface area contributed by atoms with Gasteiger partial charge in [-0.3, -0.25) is 23.9 Å². The minimum absolute atomic E-state index is 0.0255. The van der Waals surface area contributed by atoms with Crippen molar-refractivity contribution in [1.29, 1.82) is 0 Å². The highest BCUT2D eigenvalue weighted by Gasteiger charge is 2.35. The molecular weight excluding hydrogens is 784 g/mol. The normalized spacial score (nSPS) is 15.6. The Morgan fingerprint density at radius 1 is 0.864 bits per heavy atom. The van der Waals surface area contributed by atoms with E-state index in [4.69, 9.17) is 11.6 Å². The molecular formula is C41H45ClF2N11O4+. The second kappa shape index (κ2) is 16.7. The monoisotopic (exact) mass is 828 g/mol. The summed E-state index contributed by atoms with van der Waals surface area (Å²) in [6.07, 6.45) is 4.45. The third-order valence-electron chi connectivity index (χ3n) is 11.0. The van der Waals surface area contributed by atoms with Gasteiger partial charge in [-0.2, -0.15) is 10.2 Å². The van der Waals surface area contributed by atoms with Gasteiger partial charge in [0.05, 0.1) is 61.0 Å². The van der Waals surface area contributed by atoms with Crippen molar-refractivity contribution in [2.45, 2.75) is 33.2 Å². The van der Waals surface area contributed by atoms with Gasteiger partial charge in [0.1, 0.15) is 6.54 Å². The molecule has 2 fully saturated rings. The number of benzene rings is 2. The number of piperidine rings is 1. The van der Waals surface area contributed by atoms with E-state index in [1.54, 1.807) is 36.9 Å². The quantitative estimate of drug-likeness (QED) is 0.198. The van der Waals surface area contributed by atoms with Crippen molar-refractivity contribution in [3.63, 3.8) is 0 Å². The van der Waals surface area contributed by atoms with Crippen LogP contribution in [-0.4, -0.2) is 121 Å². The Hall–Kier alpha value is -6.07. The van der Waals surface area contributed by atoms with Crippen LogP contribution in [0.5, 0.6) is 0 Å². The molecule has 0 spiro atoms. The van der Waals surface area contributed by atoms with Crippen molar-refractivity contribution in [3.8, 4) is 22.4 Å². The lowest BCUT2D eigenvalue weighted by molar-refractivity contribution is -0.895. The number of hydrogen-bond donors (Lipinski definition) is 2. The molecule has 15 nitrogen and oxygen atoms in total. The second-order valence-electron chi connectivity index (χ2n) is 15.7. The van der Waals surface area contributed by atoms with Gasteiger partial charge in [0.15, 0.2) is 23.3 Å². The number of amides is 4. The minimum atomic E-state index is -1.16. The molecule has 2 aliphatic heterocycles. The number of likely N-dealkylation sites (tertiary alicyclic amines) is 1. The Labute approximate surface area is 344 Å². The fourth-order valence-corrected chi connectivity index (χ4v) is 7.77. The van der Waals surface area contributed by atoms with Crippen LogP contribution in [0.4, 0.5) is 20.3 Å². The van der Waals surface area contributed by atoms with Gasteiger partial charge in [0, 0.05) is 80.6 Å². The van der Waals surface area contributed by atoms with E-state index in [2.05, 4.69) is 45.0 Å². The van der Waals surface area contributed by atoms with Gasteiger partial charge in [-0.1, -0.05) is 17.7 Å². The van der Waals surface area contributed by atoms with Crippen molar-refractivity contribution in [3.05, 3.63) is 94.3 Å². The second-order valence-corrected chi connectivity index (χ2v) is 16.1. The first-order chi connectivity index (χ1) is 28.1. The largest absolute Gasteiger partial charge is 0.339 e. The summed E-state index contributed by atoms with van der Waals surface area (Å²) in [5.74, 6) is -3.28. The van der Waals surface area contributed by atoms with Crippen LogP contribution in [0.1, 0.15) is 45.2 Å². The fourth-order valence-electron chi connectivity index (χ4n) is 7.51. The van der Waals surface area contributed by atoms with Crippen molar-refractivity contribution < 1.29 is 32.4 Å². The Bertz CT molecular complexity index is 2430. The predicted octanol–water partition coefficient (Wildman–Crippen LogP) is 4.95. The molecule has 0 bridgehead atoms. The number of anilines is 2. The zero-order valence-electron chi connectivity index (χ0n) is 33.4. The highest BCUT2D eigenvalue weighted by Crippen LogP contribution is 2.33. The summed E-state index contributed by atoms with van der Waals surface area (Å²) >= 11 is 6.56. The number of hydrogen-bond acceptors (Lipinski definition) is 8. The Morgan fingerprint density at radius 3 is 2.22 bits per heavy atom. The molecule has 0 atom stereocenters. The highest BCUT2D eigenvalue weighted by atomic mass is 35.5. The molecule has 5 heterocycles. The number of carbonyl (C=O) groups is 4. The number of rotatable bonds is 9. The third kappa shape index (κ3) is 8.85. The first-order valence-electron chi connectivity index (χ1n) is 19.2. The van der Waals surface area contributed by atoms with E-state index < -0.39 is 23.4 Å². The summed E-state index contributed by atoms with van der Waals surface area (Å²) in [7, 11) is 5.86. The molecule has 0 radical (unpaired) electrons. The third-order valence-corrected chi connectivity index (χ3v) is 11.3. The number of halogens is 3. The van der Waals surface area contributed by atoms with Gasteiger partial charge in [-0.15, -0.1) is 5.10 Å². The molecule has 2 aromatic carbocycles. The van der Waals surface area contributed by atoms with Crippen LogP contribution in [0.2, 0.25) is 5.02 Å². The zero-order valence-corrected chi connectivity index (χ0v) is 34.2. The van der Waals surface area contributed by atoms with Crippen LogP contribution < -0.4 is 10.6 Å². The smallest absolute Gasteiger partial charge is 0.291 e. The maximum Gasteiger partial charge on any atom is 0.291 e. The molecule has 2 aliphatic rings. The number of quaternary nitrogens is 1. The highest BCUT2D eigenvalue weighted by molar-refractivity contribution is 6.34. The summed E-state index contributed by atoms with van der Waals surface area (Å²) < 4.78 is 35.0. The van der Waals surface area contributed by atoms with E-state index in [1.807, 2.05) is 4.90 Å². The Balaban J connectivity index is 0.971. The number of nitrogens with one attached hydrogen (secondary N) is 2. The predicted molar refractivity (Wildman–Crippen MR) is 216 cm³/mol. The van der Waals surface area contributed by atoms with E-state index in [1.165, 1.54) is 53.0 Å². The molecule has 0 unspecified atom stereocenters. The number of carbonyl (C=O) groups excluding carboxylic acids is 4. The number of aryl methyl sites for hydroxylation is 2. The minimum Gasteiger partial charge on any atom is -0.339 e. The Kier molecular flexibility index (Phi) is 11.6. The Morgan fingerprint density at radius 2 is 1.54 bits per heavy atom. The summed E-state index contributed by atoms with van der Waals surface area (Å²) in [4.78, 5) is 60.2. The molecule has 3 aromatic heterocycles. The maximum absolute atomic E-state index is 15.7. The molecule has 4 amide bonds. The number of imidazole rings is 1. The van der Waals surface area contributed by atoms with Crippen LogP contribution in [0.25, 0.3) is 22.4 Å². The molecule has 7 rings (SSSR count). The van der Waals surface area contributed by atoms with Gasteiger partial charge < -0.3 is 29.5 Å².